The third kappa shape index (κ3) is 5.79. The second kappa shape index (κ2) is 10.9. The number of hydrogen-bond donors (Lipinski definition) is 1. The summed E-state index contributed by atoms with van der Waals surface area (Å²) in [6, 6.07) is 6.40. The van der Waals surface area contributed by atoms with Gasteiger partial charge in [0.15, 0.2) is 0 Å². The summed E-state index contributed by atoms with van der Waals surface area (Å²) in [6.07, 6.45) is 11.9. The fourth-order valence-corrected chi connectivity index (χ4v) is 4.51. The molecule has 2 atom stereocenters. The van der Waals surface area contributed by atoms with Crippen molar-refractivity contribution in [3.05, 3.63) is 23.8 Å². The lowest BCUT2D eigenvalue weighted by Crippen LogP contribution is -2.47. The van der Waals surface area contributed by atoms with Crippen LogP contribution >= 0.6 is 0 Å². The third-order valence-corrected chi connectivity index (χ3v) is 6.39. The van der Waals surface area contributed by atoms with Gasteiger partial charge in [-0.05, 0) is 49.3 Å². The molecule has 1 heterocycles. The van der Waals surface area contributed by atoms with Crippen LogP contribution in [-0.4, -0.2) is 15.0 Å². The first-order valence-electron chi connectivity index (χ1n) is 11.6. The summed E-state index contributed by atoms with van der Waals surface area (Å²) in [5, 5.41) is 9.05. The van der Waals surface area contributed by atoms with E-state index in [4.69, 9.17) is 5.73 Å². The van der Waals surface area contributed by atoms with Crippen LogP contribution in [-0.2, 0) is 5.66 Å². The molecule has 28 heavy (non-hydrogen) atoms. The van der Waals surface area contributed by atoms with Crippen LogP contribution in [0.4, 0.5) is 0 Å². The van der Waals surface area contributed by atoms with Gasteiger partial charge in [0.2, 0.25) is 0 Å². The van der Waals surface area contributed by atoms with Gasteiger partial charge in [0, 0.05) is 0 Å². The Balaban J connectivity index is 2.38. The SMILES string of the molecule is CCCCC(CC)CC(N)(CC(CC)CCCC)n1nnc2cc(C)ccc21. The first-order chi connectivity index (χ1) is 13.5. The van der Waals surface area contributed by atoms with Gasteiger partial charge in [0.05, 0.1) is 5.52 Å². The van der Waals surface area contributed by atoms with Gasteiger partial charge in [-0.25, -0.2) is 4.68 Å². The number of rotatable bonds is 13. The van der Waals surface area contributed by atoms with Gasteiger partial charge >= 0.3 is 0 Å². The molecular formula is C24H42N4. The van der Waals surface area contributed by atoms with Crippen molar-refractivity contribution in [2.24, 2.45) is 17.6 Å². The second-order valence-corrected chi connectivity index (χ2v) is 8.84. The number of unbranched alkanes of at least 4 members (excludes halogenated alkanes) is 2. The molecule has 4 heteroatoms. The predicted octanol–water partition coefficient (Wildman–Crippen LogP) is 6.56. The largest absolute Gasteiger partial charge is 0.307 e. The van der Waals surface area contributed by atoms with Gasteiger partial charge in [-0.3, -0.25) is 0 Å². The molecule has 2 aromatic rings. The standard InChI is InChI=1S/C24H42N4/c1-6-10-12-20(8-3)17-24(25,18-21(9-4)13-11-7-2)28-23-15-14-19(5)16-22(23)26-27-28/h14-16,20-21H,6-13,17-18,25H2,1-5H3. The number of nitrogens with zero attached hydrogens (tertiary/aromatic N) is 3. The quantitative estimate of drug-likeness (QED) is 0.424. The van der Waals surface area contributed by atoms with E-state index in [1.54, 1.807) is 0 Å². The van der Waals surface area contributed by atoms with Gasteiger partial charge in [0.25, 0.3) is 0 Å². The topological polar surface area (TPSA) is 56.7 Å². The fourth-order valence-electron chi connectivity index (χ4n) is 4.51. The molecule has 0 amide bonds. The normalized spacial score (nSPS) is 16.2. The molecule has 4 nitrogen and oxygen atoms in total. The van der Waals surface area contributed by atoms with Crippen molar-refractivity contribution >= 4 is 11.0 Å². The maximum Gasteiger partial charge on any atom is 0.113 e. The van der Waals surface area contributed by atoms with Gasteiger partial charge in [-0.15, -0.1) is 5.10 Å². The predicted molar refractivity (Wildman–Crippen MR) is 120 cm³/mol. The minimum atomic E-state index is -0.465. The molecule has 0 bridgehead atoms. The molecule has 0 spiro atoms. The lowest BCUT2D eigenvalue weighted by atomic mass is 9.81. The van der Waals surface area contributed by atoms with E-state index in [1.807, 2.05) is 0 Å². The minimum absolute atomic E-state index is 0.465. The molecule has 1 aromatic heterocycles. The Morgan fingerprint density at radius 3 is 2.04 bits per heavy atom. The Bertz CT molecular complexity index is 688. The summed E-state index contributed by atoms with van der Waals surface area (Å²) in [5.74, 6) is 1.27. The van der Waals surface area contributed by atoms with Gasteiger partial charge in [-0.1, -0.05) is 90.3 Å². The van der Waals surface area contributed by atoms with Crippen molar-refractivity contribution < 1.29 is 0 Å². The van der Waals surface area contributed by atoms with Crippen LogP contribution in [0.1, 0.15) is 97.5 Å². The van der Waals surface area contributed by atoms with Crippen LogP contribution in [0.5, 0.6) is 0 Å². The molecule has 0 radical (unpaired) electrons. The lowest BCUT2D eigenvalue weighted by molar-refractivity contribution is 0.145. The number of fused-ring (bicyclic) bond motifs is 1. The first-order valence-corrected chi connectivity index (χ1v) is 11.6. The molecule has 2 unspecified atom stereocenters. The summed E-state index contributed by atoms with van der Waals surface area (Å²) in [5.41, 5.74) is 10.0. The van der Waals surface area contributed by atoms with Crippen molar-refractivity contribution in [1.82, 2.24) is 15.0 Å². The molecule has 0 saturated carbocycles. The van der Waals surface area contributed by atoms with Crippen LogP contribution in [0.3, 0.4) is 0 Å². The van der Waals surface area contributed by atoms with E-state index in [0.717, 1.165) is 23.9 Å². The van der Waals surface area contributed by atoms with Crippen LogP contribution in [0.15, 0.2) is 18.2 Å². The summed E-state index contributed by atoms with van der Waals surface area (Å²) >= 11 is 0. The Morgan fingerprint density at radius 1 is 0.964 bits per heavy atom. The smallest absolute Gasteiger partial charge is 0.113 e. The summed E-state index contributed by atoms with van der Waals surface area (Å²) in [4.78, 5) is 0. The third-order valence-electron chi connectivity index (χ3n) is 6.39. The van der Waals surface area contributed by atoms with Gasteiger partial charge in [-0.2, -0.15) is 0 Å². The molecule has 1 aromatic carbocycles. The zero-order valence-corrected chi connectivity index (χ0v) is 18.9. The van der Waals surface area contributed by atoms with E-state index in [-0.39, 0.29) is 0 Å². The number of benzene rings is 1. The Morgan fingerprint density at radius 2 is 1.54 bits per heavy atom. The molecule has 0 fully saturated rings. The maximum atomic E-state index is 7.22. The van der Waals surface area contributed by atoms with Crippen molar-refractivity contribution in [1.29, 1.82) is 0 Å². The average Bonchev–Trinajstić information content (AvgIpc) is 3.12. The van der Waals surface area contributed by atoms with E-state index in [1.165, 1.54) is 56.9 Å². The zero-order chi connectivity index (χ0) is 20.6. The van der Waals surface area contributed by atoms with Crippen molar-refractivity contribution in [2.75, 3.05) is 0 Å². The molecule has 158 valence electrons. The second-order valence-electron chi connectivity index (χ2n) is 8.84. The first kappa shape index (κ1) is 22.9. The highest BCUT2D eigenvalue weighted by Gasteiger charge is 2.35. The van der Waals surface area contributed by atoms with E-state index >= 15 is 0 Å². The van der Waals surface area contributed by atoms with E-state index in [0.29, 0.717) is 11.8 Å². The number of nitrogens with two attached hydrogens (primary N) is 1. The van der Waals surface area contributed by atoms with Crippen molar-refractivity contribution in [2.45, 2.75) is 104 Å². The number of aryl methyl sites for hydroxylation is 1. The Labute approximate surface area is 172 Å². The Hall–Kier alpha value is -1.42. The van der Waals surface area contributed by atoms with Gasteiger partial charge < -0.3 is 5.73 Å². The Kier molecular flexibility index (Phi) is 8.94. The summed E-state index contributed by atoms with van der Waals surface area (Å²) < 4.78 is 2.06. The van der Waals surface area contributed by atoms with Crippen molar-refractivity contribution in [3.63, 3.8) is 0 Å². The van der Waals surface area contributed by atoms with E-state index in [9.17, 15) is 0 Å². The molecule has 0 aliphatic carbocycles. The number of hydrogen-bond acceptors (Lipinski definition) is 3. The van der Waals surface area contributed by atoms with Crippen molar-refractivity contribution in [3.8, 4) is 0 Å². The van der Waals surface area contributed by atoms with Crippen LogP contribution < -0.4 is 5.73 Å². The molecule has 0 saturated heterocycles. The fraction of sp³-hybridized carbons (Fsp3) is 0.750. The van der Waals surface area contributed by atoms with E-state index in [2.05, 4.69) is 67.8 Å². The van der Waals surface area contributed by atoms with Gasteiger partial charge in [0.1, 0.15) is 11.2 Å². The highest BCUT2D eigenvalue weighted by molar-refractivity contribution is 5.75. The van der Waals surface area contributed by atoms with Crippen LogP contribution in [0.25, 0.3) is 11.0 Å². The maximum absolute atomic E-state index is 7.22. The highest BCUT2D eigenvalue weighted by Crippen LogP contribution is 2.35. The average molecular weight is 387 g/mol. The zero-order valence-electron chi connectivity index (χ0n) is 18.9. The lowest BCUT2D eigenvalue weighted by Gasteiger charge is -2.36. The molecule has 2 N–H and O–H groups in total. The van der Waals surface area contributed by atoms with Crippen LogP contribution in [0, 0.1) is 18.8 Å². The number of aromatic nitrogens is 3. The monoisotopic (exact) mass is 386 g/mol. The highest BCUT2D eigenvalue weighted by atomic mass is 15.5. The van der Waals surface area contributed by atoms with E-state index < -0.39 is 5.66 Å². The summed E-state index contributed by atoms with van der Waals surface area (Å²) in [7, 11) is 0. The summed E-state index contributed by atoms with van der Waals surface area (Å²) in [6.45, 7) is 11.3. The van der Waals surface area contributed by atoms with Crippen LogP contribution in [0.2, 0.25) is 0 Å². The molecule has 0 aliphatic rings. The molecular weight excluding hydrogens is 344 g/mol. The molecule has 0 aliphatic heterocycles. The molecule has 2 rings (SSSR count). The minimum Gasteiger partial charge on any atom is -0.307 e.